The molecule has 1 aliphatic heterocycles. The zero-order valence-electron chi connectivity index (χ0n) is 16.1. The van der Waals surface area contributed by atoms with Crippen LogP contribution in [0.5, 0.6) is 5.75 Å². The molecular formula is C21H27N3O4. The van der Waals surface area contributed by atoms with E-state index in [1.54, 1.807) is 0 Å². The Labute approximate surface area is 165 Å². The van der Waals surface area contributed by atoms with E-state index in [1.165, 1.54) is 12.8 Å². The lowest BCUT2D eigenvalue weighted by Crippen LogP contribution is -2.41. The molecule has 1 atom stereocenters. The summed E-state index contributed by atoms with van der Waals surface area (Å²) in [4.78, 5) is 18.9. The van der Waals surface area contributed by atoms with E-state index in [0.717, 1.165) is 31.9 Å². The third-order valence-electron chi connectivity index (χ3n) is 5.23. The zero-order valence-corrected chi connectivity index (χ0v) is 16.1. The molecular weight excluding hydrogens is 358 g/mol. The Balaban J connectivity index is 1.24. The van der Waals surface area contributed by atoms with Gasteiger partial charge in [0.1, 0.15) is 5.75 Å². The predicted octanol–water partition coefficient (Wildman–Crippen LogP) is 2.82. The first-order valence-corrected chi connectivity index (χ1v) is 10.1. The van der Waals surface area contributed by atoms with E-state index in [4.69, 9.17) is 14.0 Å². The van der Waals surface area contributed by atoms with Crippen LogP contribution in [0.15, 0.2) is 34.9 Å². The second-order valence-corrected chi connectivity index (χ2v) is 7.60. The van der Waals surface area contributed by atoms with Crippen LogP contribution in [0.1, 0.15) is 43.3 Å². The average Bonchev–Trinajstić information content (AvgIpc) is 3.45. The number of ether oxygens (including phenoxy) is 2. The summed E-state index contributed by atoms with van der Waals surface area (Å²) >= 11 is 0. The Morgan fingerprint density at radius 3 is 2.89 bits per heavy atom. The molecule has 7 nitrogen and oxygen atoms in total. The van der Waals surface area contributed by atoms with Crippen molar-refractivity contribution in [1.82, 2.24) is 15.0 Å². The van der Waals surface area contributed by atoms with Crippen LogP contribution in [-0.4, -0.2) is 53.9 Å². The van der Waals surface area contributed by atoms with Crippen LogP contribution in [0.2, 0.25) is 0 Å². The number of para-hydroxylation sites is 1. The van der Waals surface area contributed by atoms with Crippen molar-refractivity contribution in [3.8, 4) is 5.75 Å². The van der Waals surface area contributed by atoms with Crippen LogP contribution in [0.3, 0.4) is 0 Å². The third-order valence-corrected chi connectivity index (χ3v) is 5.23. The minimum absolute atomic E-state index is 0.0123. The minimum atomic E-state index is -0.0123. The first-order chi connectivity index (χ1) is 13.8. The van der Waals surface area contributed by atoms with Crippen molar-refractivity contribution in [1.29, 1.82) is 0 Å². The smallest absolute Gasteiger partial charge is 0.260 e. The number of benzene rings is 1. The molecule has 2 fully saturated rings. The average molecular weight is 385 g/mol. The molecule has 0 N–H and O–H groups in total. The lowest BCUT2D eigenvalue weighted by Gasteiger charge is -2.30. The molecule has 1 aromatic carbocycles. The Kier molecular flexibility index (Phi) is 6.21. The van der Waals surface area contributed by atoms with Gasteiger partial charge in [-0.15, -0.1) is 0 Å². The van der Waals surface area contributed by atoms with Gasteiger partial charge in [0.2, 0.25) is 5.89 Å². The number of likely N-dealkylation sites (tertiary alicyclic amines) is 1. The van der Waals surface area contributed by atoms with Gasteiger partial charge in [-0.05, 0) is 43.7 Å². The first-order valence-electron chi connectivity index (χ1n) is 10.1. The zero-order chi connectivity index (χ0) is 19.2. The van der Waals surface area contributed by atoms with Crippen molar-refractivity contribution in [3.63, 3.8) is 0 Å². The molecule has 1 saturated carbocycles. The van der Waals surface area contributed by atoms with E-state index in [1.807, 2.05) is 35.2 Å². The maximum absolute atomic E-state index is 12.5. The molecule has 2 aliphatic rings. The molecule has 0 bridgehead atoms. The number of piperidine rings is 1. The minimum Gasteiger partial charge on any atom is -0.484 e. The molecule has 1 aliphatic carbocycles. The van der Waals surface area contributed by atoms with Crippen LogP contribution in [0, 0.1) is 5.92 Å². The molecule has 28 heavy (non-hydrogen) atoms. The van der Waals surface area contributed by atoms with Crippen LogP contribution in [0.25, 0.3) is 0 Å². The predicted molar refractivity (Wildman–Crippen MR) is 102 cm³/mol. The summed E-state index contributed by atoms with van der Waals surface area (Å²) in [6.07, 6.45) is 5.11. The topological polar surface area (TPSA) is 77.7 Å². The molecule has 1 saturated heterocycles. The van der Waals surface area contributed by atoms with E-state index < -0.39 is 0 Å². The Morgan fingerprint density at radius 2 is 2.07 bits per heavy atom. The summed E-state index contributed by atoms with van der Waals surface area (Å²) in [6.45, 7) is 2.85. The van der Waals surface area contributed by atoms with Crippen LogP contribution < -0.4 is 4.74 Å². The highest BCUT2D eigenvalue weighted by atomic mass is 16.5. The molecule has 150 valence electrons. The Morgan fingerprint density at radius 1 is 1.21 bits per heavy atom. The van der Waals surface area contributed by atoms with Gasteiger partial charge in [-0.25, -0.2) is 0 Å². The van der Waals surface area contributed by atoms with Gasteiger partial charge in [0.25, 0.3) is 5.91 Å². The van der Waals surface area contributed by atoms with Gasteiger partial charge < -0.3 is 18.9 Å². The Bertz CT molecular complexity index is 760. The summed E-state index contributed by atoms with van der Waals surface area (Å²) < 4.78 is 16.7. The van der Waals surface area contributed by atoms with Crippen molar-refractivity contribution >= 4 is 5.91 Å². The van der Waals surface area contributed by atoms with Gasteiger partial charge in [0.15, 0.2) is 12.4 Å². The van der Waals surface area contributed by atoms with Crippen molar-refractivity contribution < 1.29 is 18.8 Å². The third kappa shape index (κ3) is 5.32. The fraction of sp³-hybridized carbons (Fsp3) is 0.571. The number of hydrogen-bond acceptors (Lipinski definition) is 6. The summed E-state index contributed by atoms with van der Waals surface area (Å²) in [5.74, 6) is 2.84. The summed E-state index contributed by atoms with van der Waals surface area (Å²) in [7, 11) is 0. The van der Waals surface area contributed by atoms with Gasteiger partial charge >= 0.3 is 0 Å². The normalized spacial score (nSPS) is 19.6. The summed E-state index contributed by atoms with van der Waals surface area (Å²) in [5.41, 5.74) is 0. The van der Waals surface area contributed by atoms with Crippen LogP contribution in [0.4, 0.5) is 0 Å². The second kappa shape index (κ2) is 9.19. The maximum Gasteiger partial charge on any atom is 0.260 e. The monoisotopic (exact) mass is 385 g/mol. The number of carbonyl (C=O) groups is 1. The van der Waals surface area contributed by atoms with Gasteiger partial charge in [-0.3, -0.25) is 4.79 Å². The second-order valence-electron chi connectivity index (χ2n) is 7.60. The number of aromatic nitrogens is 2. The lowest BCUT2D eigenvalue weighted by molar-refractivity contribution is -0.134. The van der Waals surface area contributed by atoms with Gasteiger partial charge in [-0.2, -0.15) is 4.98 Å². The van der Waals surface area contributed by atoms with Crippen molar-refractivity contribution in [3.05, 3.63) is 42.0 Å². The standard InChI is InChI=1S/C21H27N3O4/c25-20(15-27-18-6-2-1-3-7-18)24-11-4-5-17(13-24)21-22-19(23-28-21)10-12-26-14-16-8-9-16/h1-3,6-7,16-17H,4-5,8-15H2. The number of rotatable bonds is 9. The van der Waals surface area contributed by atoms with Gasteiger partial charge in [-0.1, -0.05) is 23.4 Å². The molecule has 0 radical (unpaired) electrons. The fourth-order valence-corrected chi connectivity index (χ4v) is 3.39. The van der Waals surface area contributed by atoms with E-state index in [2.05, 4.69) is 10.1 Å². The number of nitrogens with zero attached hydrogens (tertiary/aromatic N) is 3. The highest BCUT2D eigenvalue weighted by Gasteiger charge is 2.28. The molecule has 1 amide bonds. The number of amides is 1. The molecule has 4 rings (SSSR count). The Hall–Kier alpha value is -2.41. The van der Waals surface area contributed by atoms with Crippen LogP contribution >= 0.6 is 0 Å². The van der Waals surface area contributed by atoms with Crippen LogP contribution in [-0.2, 0) is 16.0 Å². The fourth-order valence-electron chi connectivity index (χ4n) is 3.39. The highest BCUT2D eigenvalue weighted by molar-refractivity contribution is 5.78. The summed E-state index contributed by atoms with van der Waals surface area (Å²) in [6, 6.07) is 9.39. The molecule has 1 unspecified atom stereocenters. The van der Waals surface area contributed by atoms with Crippen molar-refractivity contribution in [2.75, 3.05) is 32.9 Å². The first kappa shape index (κ1) is 18.9. The van der Waals surface area contributed by atoms with E-state index in [-0.39, 0.29) is 18.4 Å². The van der Waals surface area contributed by atoms with E-state index >= 15 is 0 Å². The largest absolute Gasteiger partial charge is 0.484 e. The van der Waals surface area contributed by atoms with Gasteiger partial charge in [0, 0.05) is 26.1 Å². The highest BCUT2D eigenvalue weighted by Crippen LogP contribution is 2.29. The lowest BCUT2D eigenvalue weighted by atomic mass is 9.98. The molecule has 1 aromatic heterocycles. The molecule has 2 heterocycles. The quantitative estimate of drug-likeness (QED) is 0.618. The molecule has 2 aromatic rings. The molecule has 0 spiro atoms. The van der Waals surface area contributed by atoms with Crippen molar-refractivity contribution in [2.24, 2.45) is 5.92 Å². The van der Waals surface area contributed by atoms with E-state index in [0.29, 0.717) is 37.0 Å². The van der Waals surface area contributed by atoms with E-state index in [9.17, 15) is 4.79 Å². The SMILES string of the molecule is O=C(COc1ccccc1)N1CCCC(c2nc(CCOCC3CC3)no2)C1. The molecule has 7 heteroatoms. The number of hydrogen-bond donors (Lipinski definition) is 0. The number of carbonyl (C=O) groups excluding carboxylic acids is 1. The van der Waals surface area contributed by atoms with Gasteiger partial charge in [0.05, 0.1) is 12.5 Å². The van der Waals surface area contributed by atoms with Crippen molar-refractivity contribution in [2.45, 2.75) is 38.0 Å². The maximum atomic E-state index is 12.5. The summed E-state index contributed by atoms with van der Waals surface area (Å²) in [5, 5.41) is 4.08.